The molecule has 32 valence electrons. The van der Waals surface area contributed by atoms with Gasteiger partial charge in [-0.15, -0.1) is 0 Å². The van der Waals surface area contributed by atoms with Gasteiger partial charge in [-0.25, -0.2) is 0 Å². The van der Waals surface area contributed by atoms with Gasteiger partial charge in [0.25, 0.3) is 0 Å². The molecular weight excluding hydrogens is 257 g/mol. The zero-order chi connectivity index (χ0) is 4.50. The molecule has 0 spiro atoms. The average molecular weight is 268 g/mol. The Morgan fingerprint density at radius 2 is 1.20 bits per heavy atom. The first-order chi connectivity index (χ1) is 2.00. The third kappa shape index (κ3) is 52.0. The van der Waals surface area contributed by atoms with Gasteiger partial charge in [-0.05, 0) is 0 Å². The van der Waals surface area contributed by atoms with Gasteiger partial charge in [0.05, 0.1) is 0 Å². The van der Waals surface area contributed by atoms with E-state index in [4.69, 9.17) is 0 Å². The van der Waals surface area contributed by atoms with Crippen molar-refractivity contribution in [2.45, 2.75) is 23.9 Å². The van der Waals surface area contributed by atoms with Crippen LogP contribution in [0.1, 0.15) is 20.8 Å². The Labute approximate surface area is 48.8 Å². The Morgan fingerprint density at radius 1 is 1.20 bits per heavy atom. The van der Waals surface area contributed by atoms with Crippen LogP contribution in [0.3, 0.4) is 0 Å². The molecule has 0 aliphatic rings. The van der Waals surface area contributed by atoms with Crippen LogP contribution in [0.4, 0.5) is 0 Å². The van der Waals surface area contributed by atoms with E-state index < -0.39 is 0 Å². The number of hydrogen-bond donors (Lipinski definition) is 0. The van der Waals surface area contributed by atoms with Crippen molar-refractivity contribution >= 4 is 24.7 Å². The predicted molar refractivity (Wildman–Crippen MR) is 28.3 cm³/mol. The topological polar surface area (TPSA) is 0 Å². The zero-order valence-corrected chi connectivity index (χ0v) is 8.57. The SMILES string of the molecule is C[C](C)(C)[BiH2]. The molecule has 1 heteroatoms. The summed E-state index contributed by atoms with van der Waals surface area (Å²) in [6, 6.07) is 0. The van der Waals surface area contributed by atoms with Crippen molar-refractivity contribution in [3.05, 3.63) is 0 Å². The summed E-state index contributed by atoms with van der Waals surface area (Å²) in [5.74, 6) is 0. The first-order valence-corrected chi connectivity index (χ1v) is 4.03. The molecule has 0 aliphatic carbocycles. The minimum absolute atomic E-state index is 0.667. The van der Waals surface area contributed by atoms with Crippen LogP contribution in [0.2, 0.25) is 3.12 Å². The second kappa shape index (κ2) is 1.55. The van der Waals surface area contributed by atoms with Gasteiger partial charge in [-0.1, -0.05) is 0 Å². The molecule has 0 aromatic carbocycles. The number of rotatable bonds is 0. The Balaban J connectivity index is 3.02. The van der Waals surface area contributed by atoms with Crippen molar-refractivity contribution < 1.29 is 0 Å². The summed E-state index contributed by atoms with van der Waals surface area (Å²) in [6.45, 7) is 6.78. The summed E-state index contributed by atoms with van der Waals surface area (Å²) in [4.78, 5) is 0. The van der Waals surface area contributed by atoms with Crippen molar-refractivity contribution in [3.8, 4) is 0 Å². The second-order valence-corrected chi connectivity index (χ2v) is 9.10. The summed E-state index contributed by atoms with van der Waals surface area (Å²) in [6.07, 6.45) is 0. The van der Waals surface area contributed by atoms with Crippen molar-refractivity contribution in [1.82, 2.24) is 0 Å². The summed E-state index contributed by atoms with van der Waals surface area (Å²) in [7, 11) is 0. The van der Waals surface area contributed by atoms with Crippen molar-refractivity contribution in [1.29, 1.82) is 0 Å². The van der Waals surface area contributed by atoms with Crippen LogP contribution in [0.5, 0.6) is 0 Å². The maximum atomic E-state index is 2.26. The van der Waals surface area contributed by atoms with E-state index in [1.54, 1.807) is 0 Å². The monoisotopic (exact) mass is 268 g/mol. The van der Waals surface area contributed by atoms with E-state index in [-0.39, 0.29) is 0 Å². The van der Waals surface area contributed by atoms with Crippen molar-refractivity contribution in [3.63, 3.8) is 0 Å². The summed E-state index contributed by atoms with van der Waals surface area (Å²) >= 11 is 1.13. The van der Waals surface area contributed by atoms with Crippen molar-refractivity contribution in [2.75, 3.05) is 0 Å². The van der Waals surface area contributed by atoms with Crippen molar-refractivity contribution in [2.24, 2.45) is 0 Å². The molecule has 5 heavy (non-hydrogen) atoms. The molecule has 0 atom stereocenters. The normalized spacial score (nSPS) is 12.0. The van der Waals surface area contributed by atoms with Gasteiger partial charge in [0.15, 0.2) is 0 Å². The fourth-order valence-electron chi connectivity index (χ4n) is 0. The standard InChI is InChI=1S/C4H9.Bi.2H/c1-4(2)3;;;/h1-3H3;;;. The van der Waals surface area contributed by atoms with E-state index >= 15 is 0 Å². The third-order valence-electron chi connectivity index (χ3n) is 0. The van der Waals surface area contributed by atoms with E-state index in [1.807, 2.05) is 0 Å². The molecule has 0 rings (SSSR count). The van der Waals surface area contributed by atoms with Gasteiger partial charge in [0, 0.05) is 0 Å². The van der Waals surface area contributed by atoms with Crippen LogP contribution in [-0.2, 0) is 0 Å². The van der Waals surface area contributed by atoms with Gasteiger partial charge in [-0.2, -0.15) is 0 Å². The Bertz CT molecular complexity index is 19.1. The fraction of sp³-hybridized carbons (Fsp3) is 1.00. The van der Waals surface area contributed by atoms with Crippen LogP contribution in [0.15, 0.2) is 0 Å². The van der Waals surface area contributed by atoms with Gasteiger partial charge < -0.3 is 0 Å². The second-order valence-electron chi connectivity index (χ2n) is 2.37. The molecule has 0 nitrogen and oxygen atoms in total. The first-order valence-electron chi connectivity index (χ1n) is 1.79. The molecule has 0 amide bonds. The molecule has 0 saturated heterocycles. The molecule has 0 aromatic rings. The average Bonchev–Trinajstić information content (AvgIpc) is 0.722. The molecule has 0 N–H and O–H groups in total. The summed E-state index contributed by atoms with van der Waals surface area (Å²) in [5, 5.41) is 0. The van der Waals surface area contributed by atoms with E-state index in [0.29, 0.717) is 3.12 Å². The molecule has 0 heterocycles. The molecule has 0 aromatic heterocycles. The number of hydrogen-bond acceptors (Lipinski definition) is 0. The molecular formula is C4H11Bi. The molecule has 0 unspecified atom stereocenters. The Hall–Kier alpha value is 0.883. The Morgan fingerprint density at radius 3 is 1.20 bits per heavy atom. The van der Waals surface area contributed by atoms with Crippen LogP contribution in [0.25, 0.3) is 0 Å². The van der Waals surface area contributed by atoms with E-state index in [0.717, 1.165) is 24.7 Å². The minimum atomic E-state index is 0.667. The quantitative estimate of drug-likeness (QED) is 0.571. The van der Waals surface area contributed by atoms with E-state index in [1.165, 1.54) is 0 Å². The molecule has 0 aliphatic heterocycles. The van der Waals surface area contributed by atoms with Gasteiger partial charge in [0.2, 0.25) is 0 Å². The fourth-order valence-corrected chi connectivity index (χ4v) is 0. The maximum absolute atomic E-state index is 2.26. The summed E-state index contributed by atoms with van der Waals surface area (Å²) in [5.41, 5.74) is 0. The van der Waals surface area contributed by atoms with E-state index in [9.17, 15) is 0 Å². The van der Waals surface area contributed by atoms with Crippen LogP contribution < -0.4 is 0 Å². The van der Waals surface area contributed by atoms with Gasteiger partial charge >= 0.3 is 48.6 Å². The summed E-state index contributed by atoms with van der Waals surface area (Å²) < 4.78 is 0.667. The van der Waals surface area contributed by atoms with Gasteiger partial charge in [-0.3, -0.25) is 0 Å². The van der Waals surface area contributed by atoms with Crippen LogP contribution in [-0.4, -0.2) is 24.7 Å². The van der Waals surface area contributed by atoms with Gasteiger partial charge in [0.1, 0.15) is 0 Å². The van der Waals surface area contributed by atoms with Crippen LogP contribution in [0, 0.1) is 0 Å². The molecule has 0 fully saturated rings. The first kappa shape index (κ1) is 5.88. The molecule has 0 radical (unpaired) electrons. The third-order valence-corrected chi connectivity index (χ3v) is 0. The predicted octanol–water partition coefficient (Wildman–Crippen LogP) is 0.838. The van der Waals surface area contributed by atoms with Crippen LogP contribution >= 0.6 is 0 Å². The van der Waals surface area contributed by atoms with E-state index in [2.05, 4.69) is 20.8 Å². The molecule has 0 bridgehead atoms. The zero-order valence-electron chi connectivity index (χ0n) is 4.08. The molecule has 0 saturated carbocycles. The Kier molecular flexibility index (Phi) is 1.83.